The van der Waals surface area contributed by atoms with Crippen LogP contribution in [-0.2, 0) is 20.7 Å². The summed E-state index contributed by atoms with van der Waals surface area (Å²) in [6.07, 6.45) is 2.56. The lowest BCUT2D eigenvalue weighted by molar-refractivity contribution is -0.139. The van der Waals surface area contributed by atoms with E-state index in [9.17, 15) is 9.59 Å². The van der Waals surface area contributed by atoms with E-state index in [1.165, 1.54) is 0 Å². The normalized spacial score (nSPS) is 19.3. The molecule has 7 heteroatoms. The van der Waals surface area contributed by atoms with Crippen LogP contribution in [0, 0.1) is 0 Å². The Kier molecular flexibility index (Phi) is 5.85. The van der Waals surface area contributed by atoms with E-state index in [1.807, 2.05) is 37.3 Å². The summed E-state index contributed by atoms with van der Waals surface area (Å²) in [6.45, 7) is 2.18. The van der Waals surface area contributed by atoms with Gasteiger partial charge in [0.25, 0.3) is 0 Å². The Labute approximate surface area is 197 Å². The second kappa shape index (κ2) is 8.94. The van der Waals surface area contributed by atoms with Gasteiger partial charge in [-0.1, -0.05) is 41.9 Å². The lowest BCUT2D eigenvalue weighted by Gasteiger charge is -2.34. The SMILES string of the molecule is CC1=C(C(=O)OCCc2ccccc2)[C@@H](c2cc3c(cc2Cl)OCO3)C2=C(CCCC2=O)N1. The summed E-state index contributed by atoms with van der Waals surface area (Å²) in [5.41, 5.74) is 4.23. The third-order valence-corrected chi connectivity index (χ3v) is 6.59. The van der Waals surface area contributed by atoms with E-state index in [0.717, 1.165) is 24.1 Å². The highest BCUT2D eigenvalue weighted by Crippen LogP contribution is 2.48. The number of Topliss-reactive ketones (excluding diaryl/α,β-unsaturated/α-hetero) is 1. The lowest BCUT2D eigenvalue weighted by Crippen LogP contribution is -2.34. The predicted octanol–water partition coefficient (Wildman–Crippen LogP) is 4.82. The smallest absolute Gasteiger partial charge is 0.336 e. The molecule has 2 aromatic carbocycles. The highest BCUT2D eigenvalue weighted by Gasteiger charge is 2.40. The first-order chi connectivity index (χ1) is 16.0. The number of hydrogen-bond donors (Lipinski definition) is 1. The Morgan fingerprint density at radius 1 is 1.15 bits per heavy atom. The number of carbonyl (C=O) groups is 2. The van der Waals surface area contributed by atoms with E-state index in [4.69, 9.17) is 25.8 Å². The molecule has 1 aliphatic carbocycles. The number of halogens is 1. The molecule has 3 aliphatic rings. The minimum Gasteiger partial charge on any atom is -0.462 e. The second-order valence-corrected chi connectivity index (χ2v) is 8.77. The molecule has 1 atom stereocenters. The first-order valence-corrected chi connectivity index (χ1v) is 11.4. The van der Waals surface area contributed by atoms with Crippen LogP contribution < -0.4 is 14.8 Å². The van der Waals surface area contributed by atoms with Crippen LogP contribution in [0.25, 0.3) is 0 Å². The number of rotatable bonds is 5. The highest BCUT2D eigenvalue weighted by molar-refractivity contribution is 6.32. The molecule has 0 fully saturated rings. The first-order valence-electron chi connectivity index (χ1n) is 11.1. The highest BCUT2D eigenvalue weighted by atomic mass is 35.5. The molecule has 0 unspecified atom stereocenters. The number of dihydropyridines is 1. The quantitative estimate of drug-likeness (QED) is 0.638. The maximum absolute atomic E-state index is 13.4. The van der Waals surface area contributed by atoms with Gasteiger partial charge in [-0.3, -0.25) is 4.79 Å². The average molecular weight is 466 g/mol. The third kappa shape index (κ3) is 4.11. The molecule has 2 aliphatic heterocycles. The van der Waals surface area contributed by atoms with Crippen molar-refractivity contribution in [2.24, 2.45) is 0 Å². The second-order valence-electron chi connectivity index (χ2n) is 8.36. The number of ketones is 1. The molecule has 2 heterocycles. The summed E-state index contributed by atoms with van der Waals surface area (Å²) in [5.74, 6) is 0.0340. The topological polar surface area (TPSA) is 73.9 Å². The van der Waals surface area contributed by atoms with E-state index in [2.05, 4.69) is 5.32 Å². The van der Waals surface area contributed by atoms with Gasteiger partial charge in [-0.25, -0.2) is 4.79 Å². The van der Waals surface area contributed by atoms with Crippen LogP contribution in [0.2, 0.25) is 5.02 Å². The zero-order chi connectivity index (χ0) is 22.9. The Hall–Kier alpha value is -3.25. The van der Waals surface area contributed by atoms with Crippen LogP contribution in [0.1, 0.15) is 43.2 Å². The molecule has 5 rings (SSSR count). The van der Waals surface area contributed by atoms with Crippen molar-refractivity contribution in [1.29, 1.82) is 0 Å². The van der Waals surface area contributed by atoms with Crippen molar-refractivity contribution >= 4 is 23.4 Å². The molecule has 170 valence electrons. The van der Waals surface area contributed by atoms with Gasteiger partial charge in [0.05, 0.1) is 12.2 Å². The van der Waals surface area contributed by atoms with Crippen molar-refractivity contribution < 1.29 is 23.8 Å². The summed E-state index contributed by atoms with van der Waals surface area (Å²) in [5, 5.41) is 3.71. The lowest BCUT2D eigenvalue weighted by atomic mass is 9.75. The fourth-order valence-corrected chi connectivity index (χ4v) is 4.97. The standard InChI is InChI=1S/C26H24ClNO5/c1-15-23(26(30)31-11-10-16-6-3-2-4-7-16)24(25-19(28-15)8-5-9-20(25)29)17-12-21-22(13-18(17)27)33-14-32-21/h2-4,6-7,12-13,24,28H,5,8-11,14H2,1H3/t24-/m1/s1. The van der Waals surface area contributed by atoms with Crippen molar-refractivity contribution in [3.8, 4) is 11.5 Å². The monoisotopic (exact) mass is 465 g/mol. The van der Waals surface area contributed by atoms with E-state index in [0.29, 0.717) is 51.8 Å². The van der Waals surface area contributed by atoms with E-state index < -0.39 is 11.9 Å². The number of benzene rings is 2. The van der Waals surface area contributed by atoms with Crippen LogP contribution >= 0.6 is 11.6 Å². The minimum absolute atomic E-state index is 0.0181. The molecular formula is C26H24ClNO5. The molecule has 6 nitrogen and oxygen atoms in total. The fraction of sp³-hybridized carbons (Fsp3) is 0.308. The Morgan fingerprint density at radius 3 is 2.70 bits per heavy atom. The van der Waals surface area contributed by atoms with Gasteiger partial charge in [-0.2, -0.15) is 0 Å². The van der Waals surface area contributed by atoms with Crippen LogP contribution in [0.5, 0.6) is 11.5 Å². The van der Waals surface area contributed by atoms with Gasteiger partial charge in [0.2, 0.25) is 6.79 Å². The molecule has 0 amide bonds. The summed E-state index contributed by atoms with van der Waals surface area (Å²) < 4.78 is 16.7. The van der Waals surface area contributed by atoms with Crippen LogP contribution in [0.15, 0.2) is 65.0 Å². The molecule has 0 aromatic heterocycles. The number of ether oxygens (including phenoxy) is 3. The number of carbonyl (C=O) groups excluding carboxylic acids is 2. The van der Waals surface area contributed by atoms with Crippen molar-refractivity contribution in [2.75, 3.05) is 13.4 Å². The van der Waals surface area contributed by atoms with E-state index in [1.54, 1.807) is 12.1 Å². The Balaban J connectivity index is 1.50. The van der Waals surface area contributed by atoms with Crippen molar-refractivity contribution in [2.45, 2.75) is 38.5 Å². The van der Waals surface area contributed by atoms with Gasteiger partial charge >= 0.3 is 5.97 Å². The maximum atomic E-state index is 13.4. The number of allylic oxidation sites excluding steroid dienone is 3. The molecule has 2 aromatic rings. The van der Waals surface area contributed by atoms with Gasteiger partial charge in [-0.05, 0) is 37.0 Å². The minimum atomic E-state index is -0.625. The van der Waals surface area contributed by atoms with Gasteiger partial charge < -0.3 is 19.5 Å². The summed E-state index contributed by atoms with van der Waals surface area (Å²) in [7, 11) is 0. The molecule has 0 saturated heterocycles. The number of nitrogens with one attached hydrogen (secondary N) is 1. The van der Waals surface area contributed by atoms with Crippen molar-refractivity contribution in [3.05, 3.63) is 81.2 Å². The largest absolute Gasteiger partial charge is 0.462 e. The van der Waals surface area contributed by atoms with E-state index >= 15 is 0 Å². The van der Waals surface area contributed by atoms with E-state index in [-0.39, 0.29) is 19.2 Å². The first kappa shape index (κ1) is 21.6. The zero-order valence-corrected chi connectivity index (χ0v) is 19.0. The number of esters is 1. The van der Waals surface area contributed by atoms with Gasteiger partial charge in [0.15, 0.2) is 17.3 Å². The molecule has 33 heavy (non-hydrogen) atoms. The van der Waals surface area contributed by atoms with Crippen LogP contribution in [-0.4, -0.2) is 25.2 Å². The molecular weight excluding hydrogens is 442 g/mol. The van der Waals surface area contributed by atoms with Crippen LogP contribution in [0.4, 0.5) is 0 Å². The van der Waals surface area contributed by atoms with Crippen LogP contribution in [0.3, 0.4) is 0 Å². The number of hydrogen-bond acceptors (Lipinski definition) is 6. The van der Waals surface area contributed by atoms with Gasteiger partial charge in [-0.15, -0.1) is 0 Å². The number of fused-ring (bicyclic) bond motifs is 1. The van der Waals surface area contributed by atoms with Crippen molar-refractivity contribution in [3.63, 3.8) is 0 Å². The summed E-state index contributed by atoms with van der Waals surface area (Å²) >= 11 is 6.66. The zero-order valence-electron chi connectivity index (χ0n) is 18.3. The molecule has 0 spiro atoms. The van der Waals surface area contributed by atoms with Gasteiger partial charge in [0.1, 0.15) is 0 Å². The molecule has 0 saturated carbocycles. The predicted molar refractivity (Wildman–Crippen MR) is 123 cm³/mol. The summed E-state index contributed by atoms with van der Waals surface area (Å²) in [6, 6.07) is 13.3. The maximum Gasteiger partial charge on any atom is 0.336 e. The summed E-state index contributed by atoms with van der Waals surface area (Å²) in [4.78, 5) is 26.4. The van der Waals surface area contributed by atoms with Crippen molar-refractivity contribution in [1.82, 2.24) is 5.32 Å². The Morgan fingerprint density at radius 2 is 1.91 bits per heavy atom. The molecule has 0 radical (unpaired) electrons. The fourth-order valence-electron chi connectivity index (χ4n) is 4.70. The third-order valence-electron chi connectivity index (χ3n) is 6.27. The average Bonchev–Trinajstić information content (AvgIpc) is 3.25. The van der Waals surface area contributed by atoms with Gasteiger partial charge in [0, 0.05) is 46.8 Å². The molecule has 0 bridgehead atoms. The molecule has 1 N–H and O–H groups in total. The Bertz CT molecular complexity index is 1180.